The Morgan fingerprint density at radius 1 is 1.20 bits per heavy atom. The van der Waals surface area contributed by atoms with Gasteiger partial charge >= 0.3 is 0 Å². The number of nitrogens with zero attached hydrogens (tertiary/aromatic N) is 1. The highest BCUT2D eigenvalue weighted by Crippen LogP contribution is 2.34. The zero-order valence-electron chi connectivity index (χ0n) is 9.99. The summed E-state index contributed by atoms with van der Waals surface area (Å²) in [5.74, 6) is 1.05. The predicted molar refractivity (Wildman–Crippen MR) is 60.5 cm³/mol. The van der Waals surface area contributed by atoms with Gasteiger partial charge < -0.3 is 5.73 Å². The molecule has 1 aliphatic heterocycles. The molecule has 0 aromatic rings. The van der Waals surface area contributed by atoms with Crippen molar-refractivity contribution in [2.75, 3.05) is 13.1 Å². The molecule has 1 saturated heterocycles. The van der Waals surface area contributed by atoms with Crippen LogP contribution < -0.4 is 5.73 Å². The first kappa shape index (κ1) is 11.1. The van der Waals surface area contributed by atoms with Crippen LogP contribution in [-0.4, -0.2) is 35.4 Å². The van der Waals surface area contributed by atoms with Gasteiger partial charge in [0.05, 0.1) is 0 Å². The Morgan fingerprint density at radius 2 is 1.73 bits per heavy atom. The Bertz CT molecular complexity index is 257. The summed E-state index contributed by atoms with van der Waals surface area (Å²) in [6, 6.07) is 0.290. The van der Waals surface area contributed by atoms with Crippen molar-refractivity contribution in [2.45, 2.75) is 45.2 Å². The Kier molecular flexibility index (Phi) is 2.63. The molecule has 3 heteroatoms. The molecular formula is C12H22N2O. The number of ketones is 1. The highest BCUT2D eigenvalue weighted by molar-refractivity contribution is 5.85. The maximum Gasteiger partial charge on any atom is 0.141 e. The van der Waals surface area contributed by atoms with E-state index in [1.807, 2.05) is 0 Å². The molecule has 0 unspecified atom stereocenters. The van der Waals surface area contributed by atoms with E-state index < -0.39 is 0 Å². The maximum absolute atomic E-state index is 11.9. The normalized spacial score (nSPS) is 33.3. The van der Waals surface area contributed by atoms with Crippen LogP contribution in [0.5, 0.6) is 0 Å². The molecule has 1 saturated carbocycles. The van der Waals surface area contributed by atoms with Crippen molar-refractivity contribution in [3.05, 3.63) is 0 Å². The van der Waals surface area contributed by atoms with Gasteiger partial charge in [0.15, 0.2) is 0 Å². The van der Waals surface area contributed by atoms with Crippen LogP contribution in [0.2, 0.25) is 0 Å². The highest BCUT2D eigenvalue weighted by atomic mass is 16.1. The van der Waals surface area contributed by atoms with E-state index in [0.717, 1.165) is 25.9 Å². The van der Waals surface area contributed by atoms with Gasteiger partial charge in [0.25, 0.3) is 0 Å². The van der Waals surface area contributed by atoms with Crippen LogP contribution in [0, 0.1) is 11.8 Å². The van der Waals surface area contributed by atoms with Crippen molar-refractivity contribution in [3.63, 3.8) is 0 Å². The molecule has 2 N–H and O–H groups in total. The molecule has 0 atom stereocenters. The number of likely N-dealkylation sites (tertiary alicyclic amines) is 1. The van der Waals surface area contributed by atoms with E-state index in [1.165, 1.54) is 0 Å². The second kappa shape index (κ2) is 3.56. The summed E-state index contributed by atoms with van der Waals surface area (Å²) in [5, 5.41) is 0. The van der Waals surface area contributed by atoms with E-state index >= 15 is 0 Å². The lowest BCUT2D eigenvalue weighted by Gasteiger charge is -2.48. The molecule has 2 aliphatic rings. The third kappa shape index (κ3) is 2.08. The van der Waals surface area contributed by atoms with Crippen molar-refractivity contribution < 1.29 is 4.79 Å². The lowest BCUT2D eigenvalue weighted by molar-refractivity contribution is -0.137. The third-order valence-electron chi connectivity index (χ3n) is 3.81. The van der Waals surface area contributed by atoms with Crippen molar-refractivity contribution in [1.82, 2.24) is 4.90 Å². The third-order valence-corrected chi connectivity index (χ3v) is 3.81. The van der Waals surface area contributed by atoms with E-state index in [4.69, 9.17) is 5.73 Å². The summed E-state index contributed by atoms with van der Waals surface area (Å²) in [6.45, 7) is 8.51. The van der Waals surface area contributed by atoms with Crippen LogP contribution in [0.15, 0.2) is 0 Å². The monoisotopic (exact) mass is 210 g/mol. The van der Waals surface area contributed by atoms with Gasteiger partial charge in [0.1, 0.15) is 5.78 Å². The minimum atomic E-state index is 0.215. The molecule has 2 rings (SSSR count). The van der Waals surface area contributed by atoms with Crippen LogP contribution in [0.4, 0.5) is 0 Å². The van der Waals surface area contributed by atoms with Crippen molar-refractivity contribution in [2.24, 2.45) is 17.6 Å². The summed E-state index contributed by atoms with van der Waals surface area (Å²) in [5.41, 5.74) is 5.92. The largest absolute Gasteiger partial charge is 0.328 e. The Morgan fingerprint density at radius 3 is 2.13 bits per heavy atom. The lowest BCUT2D eigenvalue weighted by atomic mass is 9.72. The molecule has 3 nitrogen and oxygen atoms in total. The first-order chi connectivity index (χ1) is 6.88. The van der Waals surface area contributed by atoms with Crippen molar-refractivity contribution in [1.29, 1.82) is 0 Å². The van der Waals surface area contributed by atoms with Crippen LogP contribution in [0.1, 0.15) is 33.6 Å². The fourth-order valence-corrected chi connectivity index (χ4v) is 2.43. The predicted octanol–water partition coefficient (Wildman–Crippen LogP) is 1.02. The van der Waals surface area contributed by atoms with Crippen LogP contribution >= 0.6 is 0 Å². The number of Topliss-reactive ketones (excluding diaryl/α,β-unsaturated/α-hetero) is 1. The van der Waals surface area contributed by atoms with E-state index in [1.54, 1.807) is 0 Å². The summed E-state index contributed by atoms with van der Waals surface area (Å²) in [6.07, 6.45) is 1.84. The number of carbonyl (C=O) groups is 1. The zero-order chi connectivity index (χ0) is 11.2. The molecule has 2 fully saturated rings. The minimum Gasteiger partial charge on any atom is -0.328 e. The summed E-state index contributed by atoms with van der Waals surface area (Å²) >= 11 is 0. The van der Waals surface area contributed by atoms with Crippen molar-refractivity contribution in [3.8, 4) is 0 Å². The molecule has 0 aromatic carbocycles. The Balaban J connectivity index is 1.77. The number of nitrogens with two attached hydrogens (primary N) is 1. The van der Waals surface area contributed by atoms with Gasteiger partial charge in [-0.15, -0.1) is 0 Å². The standard InChI is InChI=1S/C12H22N2O/c1-12(2,3)14-6-9(7-14)11(15)8-4-10(13)5-8/h8-10H,4-7,13H2,1-3H3. The molecule has 0 radical (unpaired) electrons. The van der Waals surface area contributed by atoms with E-state index in [2.05, 4.69) is 25.7 Å². The fourth-order valence-electron chi connectivity index (χ4n) is 2.43. The topological polar surface area (TPSA) is 46.3 Å². The smallest absolute Gasteiger partial charge is 0.141 e. The molecule has 1 heterocycles. The first-order valence-electron chi connectivity index (χ1n) is 5.92. The zero-order valence-corrected chi connectivity index (χ0v) is 9.99. The van der Waals surface area contributed by atoms with Crippen LogP contribution in [0.25, 0.3) is 0 Å². The second-order valence-corrected chi connectivity index (χ2v) is 6.10. The molecule has 0 bridgehead atoms. The van der Waals surface area contributed by atoms with Gasteiger partial charge in [-0.2, -0.15) is 0 Å². The minimum absolute atomic E-state index is 0.215. The second-order valence-electron chi connectivity index (χ2n) is 6.10. The molecule has 15 heavy (non-hydrogen) atoms. The summed E-state index contributed by atoms with van der Waals surface area (Å²) in [7, 11) is 0. The molecule has 0 aromatic heterocycles. The van der Waals surface area contributed by atoms with Gasteiger partial charge in [-0.3, -0.25) is 9.69 Å². The van der Waals surface area contributed by atoms with Crippen LogP contribution in [-0.2, 0) is 4.79 Å². The van der Waals surface area contributed by atoms with E-state index in [0.29, 0.717) is 11.7 Å². The average molecular weight is 210 g/mol. The van der Waals surface area contributed by atoms with Crippen molar-refractivity contribution >= 4 is 5.78 Å². The molecule has 0 spiro atoms. The van der Waals surface area contributed by atoms with E-state index in [9.17, 15) is 4.79 Å². The van der Waals surface area contributed by atoms with Gasteiger partial charge in [-0.05, 0) is 33.6 Å². The molecule has 86 valence electrons. The highest BCUT2D eigenvalue weighted by Gasteiger charge is 2.43. The maximum atomic E-state index is 11.9. The number of rotatable bonds is 2. The first-order valence-corrected chi connectivity index (χ1v) is 5.92. The fraction of sp³-hybridized carbons (Fsp3) is 0.917. The summed E-state index contributed by atoms with van der Waals surface area (Å²) < 4.78 is 0. The summed E-state index contributed by atoms with van der Waals surface area (Å²) in [4.78, 5) is 14.3. The van der Waals surface area contributed by atoms with Gasteiger partial charge in [0.2, 0.25) is 0 Å². The quantitative estimate of drug-likeness (QED) is 0.740. The number of hydrogen-bond acceptors (Lipinski definition) is 3. The average Bonchev–Trinajstić information content (AvgIpc) is 1.92. The van der Waals surface area contributed by atoms with E-state index in [-0.39, 0.29) is 17.5 Å². The van der Waals surface area contributed by atoms with Gasteiger partial charge in [0, 0.05) is 36.5 Å². The van der Waals surface area contributed by atoms with Gasteiger partial charge in [-0.25, -0.2) is 0 Å². The van der Waals surface area contributed by atoms with Gasteiger partial charge in [-0.1, -0.05) is 0 Å². The molecule has 0 amide bonds. The number of hydrogen-bond donors (Lipinski definition) is 1. The lowest BCUT2D eigenvalue weighted by Crippen LogP contribution is -2.60. The Hall–Kier alpha value is -0.410. The SMILES string of the molecule is CC(C)(C)N1CC(C(=O)C2CC(N)C2)C1. The molecule has 1 aliphatic carbocycles. The Labute approximate surface area is 92.0 Å². The number of carbonyl (C=O) groups excluding carboxylic acids is 1. The molecular weight excluding hydrogens is 188 g/mol. The van der Waals surface area contributed by atoms with Crippen LogP contribution in [0.3, 0.4) is 0 Å².